The van der Waals surface area contributed by atoms with Gasteiger partial charge in [0.05, 0.1) is 13.2 Å². The molecule has 2 saturated heterocycles. The molecule has 2 fully saturated rings. The Morgan fingerprint density at radius 3 is 2.22 bits per heavy atom. The van der Waals surface area contributed by atoms with Crippen LogP contribution in [0.4, 0.5) is 4.39 Å². The zero-order valence-electron chi connectivity index (χ0n) is 17.5. The van der Waals surface area contributed by atoms with Crippen molar-refractivity contribution in [3.8, 4) is 0 Å². The molecule has 3 aromatic rings. The van der Waals surface area contributed by atoms with Crippen LogP contribution in [0, 0.1) is 0 Å². The SMILES string of the molecule is F[C@H]1[C@@H](OCc2ccccc2)[C@@H]2OC(c3ccccc3)OC[C@H]2O[C@@H]1Sc1ccccc1. The molecule has 0 aromatic heterocycles. The van der Waals surface area contributed by atoms with E-state index < -0.39 is 36.2 Å². The topological polar surface area (TPSA) is 36.9 Å². The van der Waals surface area contributed by atoms with Crippen LogP contribution in [0.5, 0.6) is 0 Å². The van der Waals surface area contributed by atoms with Crippen molar-refractivity contribution in [3.05, 3.63) is 102 Å². The molecule has 1 unspecified atom stereocenters. The fourth-order valence-corrected chi connectivity index (χ4v) is 5.07. The van der Waals surface area contributed by atoms with Gasteiger partial charge >= 0.3 is 0 Å². The molecule has 0 spiro atoms. The summed E-state index contributed by atoms with van der Waals surface area (Å²) in [7, 11) is 0. The number of fused-ring (bicyclic) bond motifs is 1. The van der Waals surface area contributed by atoms with Crippen molar-refractivity contribution in [2.75, 3.05) is 6.61 Å². The average molecular weight is 453 g/mol. The van der Waals surface area contributed by atoms with E-state index in [0.717, 1.165) is 16.0 Å². The number of alkyl halides is 1. The Bertz CT molecular complexity index is 975. The van der Waals surface area contributed by atoms with E-state index in [2.05, 4.69) is 0 Å². The van der Waals surface area contributed by atoms with Crippen LogP contribution in [-0.4, -0.2) is 36.5 Å². The van der Waals surface area contributed by atoms with Crippen molar-refractivity contribution in [2.45, 2.75) is 47.7 Å². The third kappa shape index (κ3) is 4.90. The first-order chi connectivity index (χ1) is 15.8. The summed E-state index contributed by atoms with van der Waals surface area (Å²) in [6.45, 7) is 0.617. The van der Waals surface area contributed by atoms with Gasteiger partial charge in [-0.3, -0.25) is 0 Å². The zero-order chi connectivity index (χ0) is 21.8. The van der Waals surface area contributed by atoms with Crippen LogP contribution in [0.3, 0.4) is 0 Å². The van der Waals surface area contributed by atoms with Crippen molar-refractivity contribution >= 4 is 11.8 Å². The monoisotopic (exact) mass is 452 g/mol. The molecule has 166 valence electrons. The first kappa shape index (κ1) is 21.6. The highest BCUT2D eigenvalue weighted by molar-refractivity contribution is 7.99. The molecule has 6 atom stereocenters. The number of hydrogen-bond donors (Lipinski definition) is 0. The molecule has 0 bridgehead atoms. The second kappa shape index (κ2) is 10.1. The van der Waals surface area contributed by atoms with E-state index in [9.17, 15) is 0 Å². The highest BCUT2D eigenvalue weighted by atomic mass is 32.2. The number of benzene rings is 3. The van der Waals surface area contributed by atoms with Gasteiger partial charge in [0.2, 0.25) is 0 Å². The fourth-order valence-electron chi connectivity index (χ4n) is 4.00. The van der Waals surface area contributed by atoms with Gasteiger partial charge in [0.25, 0.3) is 0 Å². The number of hydrogen-bond acceptors (Lipinski definition) is 5. The number of halogens is 1. The lowest BCUT2D eigenvalue weighted by Gasteiger charge is -2.47. The van der Waals surface area contributed by atoms with Crippen molar-refractivity contribution in [3.63, 3.8) is 0 Å². The molecular weight excluding hydrogens is 427 g/mol. The third-order valence-electron chi connectivity index (χ3n) is 5.62. The second-order valence-corrected chi connectivity index (χ2v) is 9.03. The Morgan fingerprint density at radius 1 is 0.844 bits per heavy atom. The number of thioether (sulfide) groups is 1. The summed E-state index contributed by atoms with van der Waals surface area (Å²) in [4.78, 5) is 0.945. The molecule has 2 heterocycles. The number of rotatable bonds is 6. The maximum atomic E-state index is 15.8. The minimum Gasteiger partial charge on any atom is -0.368 e. The molecule has 3 aromatic carbocycles. The zero-order valence-corrected chi connectivity index (χ0v) is 18.3. The predicted octanol–water partition coefficient (Wildman–Crippen LogP) is 5.54. The third-order valence-corrected chi connectivity index (χ3v) is 6.77. The normalized spacial score (nSPS) is 29.9. The minimum absolute atomic E-state index is 0.304. The summed E-state index contributed by atoms with van der Waals surface area (Å²) in [6.07, 6.45) is -3.69. The van der Waals surface area contributed by atoms with Gasteiger partial charge in [-0.25, -0.2) is 4.39 Å². The lowest BCUT2D eigenvalue weighted by atomic mass is 9.99. The van der Waals surface area contributed by atoms with Crippen LogP contribution in [0.15, 0.2) is 95.9 Å². The molecule has 0 saturated carbocycles. The van der Waals surface area contributed by atoms with Crippen molar-refractivity contribution in [1.82, 2.24) is 0 Å². The van der Waals surface area contributed by atoms with Gasteiger partial charge in [-0.15, -0.1) is 0 Å². The molecule has 0 aliphatic carbocycles. The number of ether oxygens (including phenoxy) is 4. The summed E-state index contributed by atoms with van der Waals surface area (Å²) in [5.74, 6) is 0. The average Bonchev–Trinajstić information content (AvgIpc) is 2.86. The van der Waals surface area contributed by atoms with E-state index in [-0.39, 0.29) is 0 Å². The van der Waals surface area contributed by atoms with Crippen LogP contribution in [0.25, 0.3) is 0 Å². The van der Waals surface area contributed by atoms with Gasteiger partial charge in [-0.05, 0) is 17.7 Å². The predicted molar refractivity (Wildman–Crippen MR) is 121 cm³/mol. The standard InChI is InChI=1S/C26H25FO4S/c27-22-24(28-16-18-10-4-1-5-11-18)23-21(30-26(22)32-20-14-8-3-9-15-20)17-29-25(31-23)19-12-6-2-7-13-19/h1-15,21-26H,16-17H2/t21-,22+,23-,24-,25?,26-/m1/s1. The Hall–Kier alpha value is -2.22. The van der Waals surface area contributed by atoms with Gasteiger partial charge in [0, 0.05) is 10.5 Å². The Morgan fingerprint density at radius 2 is 1.50 bits per heavy atom. The van der Waals surface area contributed by atoms with Crippen molar-refractivity contribution < 1.29 is 23.3 Å². The Labute approximate surface area is 191 Å². The quantitative estimate of drug-likeness (QED) is 0.491. The Balaban J connectivity index is 1.36. The van der Waals surface area contributed by atoms with Crippen LogP contribution >= 0.6 is 11.8 Å². The van der Waals surface area contributed by atoms with Gasteiger partial charge in [-0.2, -0.15) is 0 Å². The van der Waals surface area contributed by atoms with E-state index in [1.54, 1.807) is 0 Å². The molecule has 0 amide bonds. The highest BCUT2D eigenvalue weighted by Crippen LogP contribution is 2.41. The molecule has 0 radical (unpaired) electrons. The van der Waals surface area contributed by atoms with E-state index in [1.807, 2.05) is 91.0 Å². The van der Waals surface area contributed by atoms with E-state index in [4.69, 9.17) is 18.9 Å². The summed E-state index contributed by atoms with van der Waals surface area (Å²) < 4.78 is 40.3. The minimum atomic E-state index is -1.36. The van der Waals surface area contributed by atoms with Gasteiger partial charge < -0.3 is 18.9 Å². The lowest BCUT2D eigenvalue weighted by molar-refractivity contribution is -0.319. The molecule has 5 rings (SSSR count). The summed E-state index contributed by atoms with van der Waals surface area (Å²) in [5.41, 5.74) is 1.17. The first-order valence-corrected chi connectivity index (χ1v) is 11.6. The molecule has 0 N–H and O–H groups in total. The fraction of sp³-hybridized carbons (Fsp3) is 0.308. The summed E-state index contributed by atoms with van der Waals surface area (Å²) >= 11 is 1.36. The molecule has 2 aliphatic heterocycles. The van der Waals surface area contributed by atoms with Crippen molar-refractivity contribution in [1.29, 1.82) is 0 Å². The van der Waals surface area contributed by atoms with E-state index in [0.29, 0.717) is 13.2 Å². The van der Waals surface area contributed by atoms with Crippen LogP contribution in [-0.2, 0) is 25.6 Å². The molecule has 6 heteroatoms. The van der Waals surface area contributed by atoms with Crippen LogP contribution < -0.4 is 0 Å². The molecule has 4 nitrogen and oxygen atoms in total. The maximum Gasteiger partial charge on any atom is 0.184 e. The second-order valence-electron chi connectivity index (χ2n) is 7.86. The largest absolute Gasteiger partial charge is 0.368 e. The van der Waals surface area contributed by atoms with Gasteiger partial charge in [0.15, 0.2) is 12.5 Å². The molecule has 2 aliphatic rings. The first-order valence-electron chi connectivity index (χ1n) is 10.8. The van der Waals surface area contributed by atoms with Crippen LogP contribution in [0.1, 0.15) is 17.4 Å². The highest BCUT2D eigenvalue weighted by Gasteiger charge is 2.51. The van der Waals surface area contributed by atoms with Crippen LogP contribution in [0.2, 0.25) is 0 Å². The van der Waals surface area contributed by atoms with Crippen molar-refractivity contribution in [2.24, 2.45) is 0 Å². The summed E-state index contributed by atoms with van der Waals surface area (Å²) in [6, 6.07) is 29.2. The van der Waals surface area contributed by atoms with E-state index in [1.165, 1.54) is 11.8 Å². The van der Waals surface area contributed by atoms with Gasteiger partial charge in [0.1, 0.15) is 23.7 Å². The van der Waals surface area contributed by atoms with Gasteiger partial charge in [-0.1, -0.05) is 90.6 Å². The molecular formula is C26H25FO4S. The summed E-state index contributed by atoms with van der Waals surface area (Å²) in [5, 5.41) is 0. The maximum absolute atomic E-state index is 15.8. The smallest absolute Gasteiger partial charge is 0.184 e. The lowest BCUT2D eigenvalue weighted by Crippen LogP contribution is -2.60. The van der Waals surface area contributed by atoms with E-state index >= 15 is 4.39 Å². The Kier molecular flexibility index (Phi) is 6.86. The molecule has 32 heavy (non-hydrogen) atoms.